The van der Waals surface area contributed by atoms with Crippen LogP contribution in [0.3, 0.4) is 0 Å². The van der Waals surface area contributed by atoms with E-state index in [1.807, 2.05) is 35.2 Å². The second-order valence-electron chi connectivity index (χ2n) is 6.70. The van der Waals surface area contributed by atoms with Crippen LogP contribution in [0.2, 0.25) is 0 Å². The summed E-state index contributed by atoms with van der Waals surface area (Å²) in [5.41, 5.74) is 1.10. The van der Waals surface area contributed by atoms with E-state index in [1.54, 1.807) is 7.11 Å². The largest absolute Gasteiger partial charge is 0.383 e. The maximum Gasteiger partial charge on any atom is 0.234 e. The van der Waals surface area contributed by atoms with Crippen LogP contribution >= 0.6 is 0 Å². The molecule has 1 unspecified atom stereocenters. The van der Waals surface area contributed by atoms with Crippen molar-refractivity contribution in [3.8, 4) is 0 Å². The van der Waals surface area contributed by atoms with Crippen molar-refractivity contribution in [2.45, 2.75) is 25.7 Å². The molecule has 0 spiro atoms. The van der Waals surface area contributed by atoms with Gasteiger partial charge in [-0.15, -0.1) is 0 Å². The third-order valence-corrected chi connectivity index (χ3v) is 4.76. The lowest BCUT2D eigenvalue weighted by Gasteiger charge is -2.36. The van der Waals surface area contributed by atoms with Crippen molar-refractivity contribution in [3.05, 3.63) is 35.9 Å². The van der Waals surface area contributed by atoms with Crippen LogP contribution in [0, 0.1) is 0 Å². The van der Waals surface area contributed by atoms with Crippen molar-refractivity contribution in [3.63, 3.8) is 0 Å². The zero-order chi connectivity index (χ0) is 18.8. The van der Waals surface area contributed by atoms with Crippen molar-refractivity contribution < 1.29 is 14.3 Å². The van der Waals surface area contributed by atoms with E-state index in [1.165, 1.54) is 0 Å². The van der Waals surface area contributed by atoms with E-state index in [0.717, 1.165) is 31.5 Å². The Hall–Kier alpha value is -1.92. The van der Waals surface area contributed by atoms with Crippen molar-refractivity contribution in [2.75, 3.05) is 53.0 Å². The van der Waals surface area contributed by atoms with Crippen LogP contribution in [0.25, 0.3) is 0 Å². The Morgan fingerprint density at radius 1 is 1.15 bits per heavy atom. The van der Waals surface area contributed by atoms with Crippen LogP contribution in [-0.4, -0.2) is 74.6 Å². The van der Waals surface area contributed by atoms with Gasteiger partial charge in [0.25, 0.3) is 0 Å². The van der Waals surface area contributed by atoms with Gasteiger partial charge in [-0.25, -0.2) is 0 Å². The molecule has 2 amide bonds. The molecule has 0 radical (unpaired) electrons. The maximum absolute atomic E-state index is 13.0. The average molecular weight is 361 g/mol. The molecule has 0 aromatic heterocycles. The van der Waals surface area contributed by atoms with Gasteiger partial charge in [-0.2, -0.15) is 0 Å². The quantitative estimate of drug-likeness (QED) is 0.677. The van der Waals surface area contributed by atoms with Gasteiger partial charge < -0.3 is 15.0 Å². The summed E-state index contributed by atoms with van der Waals surface area (Å²) < 4.78 is 4.93. The number of ether oxygens (including phenoxy) is 1. The number of amides is 2. The molecule has 0 bridgehead atoms. The second-order valence-corrected chi connectivity index (χ2v) is 6.70. The zero-order valence-electron chi connectivity index (χ0n) is 15.9. The first-order chi connectivity index (χ1) is 12.7. The Kier molecular flexibility index (Phi) is 8.58. The van der Waals surface area contributed by atoms with Gasteiger partial charge >= 0.3 is 0 Å². The monoisotopic (exact) mass is 361 g/mol. The molecular formula is C20H31N3O3. The van der Waals surface area contributed by atoms with E-state index >= 15 is 0 Å². The number of rotatable bonds is 9. The fourth-order valence-corrected chi connectivity index (χ4v) is 3.31. The Labute approximate surface area is 156 Å². The van der Waals surface area contributed by atoms with Crippen LogP contribution in [0.4, 0.5) is 0 Å². The smallest absolute Gasteiger partial charge is 0.234 e. The lowest BCUT2D eigenvalue weighted by molar-refractivity contribution is -0.135. The first kappa shape index (κ1) is 20.4. The highest BCUT2D eigenvalue weighted by molar-refractivity contribution is 5.84. The number of piperazine rings is 1. The van der Waals surface area contributed by atoms with Gasteiger partial charge in [0.05, 0.1) is 19.1 Å². The third-order valence-electron chi connectivity index (χ3n) is 4.76. The van der Waals surface area contributed by atoms with Gasteiger partial charge in [0.1, 0.15) is 0 Å². The number of benzene rings is 1. The van der Waals surface area contributed by atoms with Gasteiger partial charge in [0, 0.05) is 39.8 Å². The molecule has 144 valence electrons. The van der Waals surface area contributed by atoms with Gasteiger partial charge in [-0.05, 0) is 12.0 Å². The Morgan fingerprint density at radius 2 is 1.85 bits per heavy atom. The summed E-state index contributed by atoms with van der Waals surface area (Å²) in [5, 5.41) is 2.84. The Morgan fingerprint density at radius 3 is 2.46 bits per heavy atom. The molecule has 0 aliphatic carbocycles. The molecule has 1 N–H and O–H groups in total. The number of nitrogens with zero attached hydrogens (tertiary/aromatic N) is 2. The molecule has 1 fully saturated rings. The summed E-state index contributed by atoms with van der Waals surface area (Å²) in [6.07, 6.45) is 1.85. The molecule has 1 saturated heterocycles. The third kappa shape index (κ3) is 6.11. The fourth-order valence-electron chi connectivity index (χ4n) is 3.31. The van der Waals surface area contributed by atoms with E-state index in [4.69, 9.17) is 4.74 Å². The van der Waals surface area contributed by atoms with E-state index in [2.05, 4.69) is 17.1 Å². The summed E-state index contributed by atoms with van der Waals surface area (Å²) in [4.78, 5) is 28.9. The lowest BCUT2D eigenvalue weighted by atomic mass is 9.93. The molecule has 1 aliphatic heterocycles. The minimum absolute atomic E-state index is 0.00923. The van der Waals surface area contributed by atoms with Gasteiger partial charge in [0.15, 0.2) is 0 Å². The molecule has 26 heavy (non-hydrogen) atoms. The molecule has 1 aromatic rings. The molecule has 6 nitrogen and oxygen atoms in total. The second kappa shape index (κ2) is 10.9. The minimum atomic E-state index is -0.0647. The number of methoxy groups -OCH3 is 1. The van der Waals surface area contributed by atoms with Crippen LogP contribution in [0.1, 0.15) is 31.2 Å². The highest BCUT2D eigenvalue weighted by Gasteiger charge is 2.28. The summed E-state index contributed by atoms with van der Waals surface area (Å²) >= 11 is 0. The highest BCUT2D eigenvalue weighted by Crippen LogP contribution is 2.24. The van der Waals surface area contributed by atoms with Gasteiger partial charge in [-0.1, -0.05) is 43.7 Å². The molecule has 1 atom stereocenters. The summed E-state index contributed by atoms with van der Waals surface area (Å²) in [7, 11) is 1.61. The summed E-state index contributed by atoms with van der Waals surface area (Å²) in [6.45, 7) is 6.37. The number of hydrogen-bond donors (Lipinski definition) is 1. The van der Waals surface area contributed by atoms with E-state index < -0.39 is 0 Å². The van der Waals surface area contributed by atoms with E-state index in [9.17, 15) is 9.59 Å². The van der Waals surface area contributed by atoms with E-state index in [-0.39, 0.29) is 17.7 Å². The van der Waals surface area contributed by atoms with Crippen molar-refractivity contribution in [1.29, 1.82) is 0 Å². The fraction of sp³-hybridized carbons (Fsp3) is 0.600. The standard InChI is InChI=1S/C20H31N3O3/c1-3-7-18(17-8-5-4-6-9-17)20(25)23-13-11-22(12-14-23)16-19(24)21-10-15-26-2/h4-6,8-9,18H,3,7,10-16H2,1-2H3,(H,21,24). The van der Waals surface area contributed by atoms with Crippen LogP contribution < -0.4 is 5.32 Å². The van der Waals surface area contributed by atoms with Crippen LogP contribution in [-0.2, 0) is 14.3 Å². The van der Waals surface area contributed by atoms with Crippen LogP contribution in [0.5, 0.6) is 0 Å². The van der Waals surface area contributed by atoms with Gasteiger partial charge in [0.2, 0.25) is 11.8 Å². The summed E-state index contributed by atoms with van der Waals surface area (Å²) in [5.74, 6) is 0.155. The van der Waals surface area contributed by atoms with Crippen molar-refractivity contribution in [1.82, 2.24) is 15.1 Å². The topological polar surface area (TPSA) is 61.9 Å². The molecule has 0 saturated carbocycles. The molecule has 2 rings (SSSR count). The van der Waals surface area contributed by atoms with Crippen molar-refractivity contribution >= 4 is 11.8 Å². The zero-order valence-corrected chi connectivity index (χ0v) is 15.9. The molecule has 1 aromatic carbocycles. The lowest BCUT2D eigenvalue weighted by Crippen LogP contribution is -2.52. The molecular weight excluding hydrogens is 330 g/mol. The number of hydrogen-bond acceptors (Lipinski definition) is 4. The normalized spacial score (nSPS) is 16.3. The first-order valence-electron chi connectivity index (χ1n) is 9.47. The minimum Gasteiger partial charge on any atom is -0.383 e. The summed E-state index contributed by atoms with van der Waals surface area (Å²) in [6, 6.07) is 10.0. The average Bonchev–Trinajstić information content (AvgIpc) is 2.67. The van der Waals surface area contributed by atoms with E-state index in [0.29, 0.717) is 32.8 Å². The maximum atomic E-state index is 13.0. The number of nitrogens with one attached hydrogen (secondary N) is 1. The van der Waals surface area contributed by atoms with Gasteiger partial charge in [-0.3, -0.25) is 14.5 Å². The Bertz CT molecular complexity index is 557. The SMILES string of the molecule is CCCC(C(=O)N1CCN(CC(=O)NCCOC)CC1)c1ccccc1. The number of carbonyl (C=O) groups excluding carboxylic acids is 2. The molecule has 6 heteroatoms. The molecule has 1 heterocycles. The Balaban J connectivity index is 1.84. The predicted octanol–water partition coefficient (Wildman–Crippen LogP) is 1.48. The van der Waals surface area contributed by atoms with Crippen LogP contribution in [0.15, 0.2) is 30.3 Å². The molecule has 1 aliphatic rings. The highest BCUT2D eigenvalue weighted by atomic mass is 16.5. The first-order valence-corrected chi connectivity index (χ1v) is 9.47. The van der Waals surface area contributed by atoms with Crippen molar-refractivity contribution in [2.24, 2.45) is 0 Å². The number of carbonyl (C=O) groups is 2. The predicted molar refractivity (Wildman–Crippen MR) is 102 cm³/mol.